The van der Waals surface area contributed by atoms with Gasteiger partial charge in [0.15, 0.2) is 0 Å². The van der Waals surface area contributed by atoms with E-state index in [1.807, 2.05) is 12.1 Å². The van der Waals surface area contributed by atoms with Crippen LogP contribution in [0.2, 0.25) is 5.02 Å². The van der Waals surface area contributed by atoms with Crippen LogP contribution in [-0.2, 0) is 4.79 Å². The Balaban J connectivity index is 1.99. The average molecular weight is 267 g/mol. The fraction of sp³-hybridized carbons (Fsp3) is 0.500. The van der Waals surface area contributed by atoms with Gasteiger partial charge in [0, 0.05) is 37.3 Å². The third-order valence-corrected chi connectivity index (χ3v) is 3.67. The Morgan fingerprint density at radius 2 is 2.33 bits per heavy atom. The van der Waals surface area contributed by atoms with E-state index in [1.54, 1.807) is 6.92 Å². The number of halogens is 1. The van der Waals surface area contributed by atoms with Gasteiger partial charge >= 0.3 is 0 Å². The third kappa shape index (κ3) is 3.16. The highest BCUT2D eigenvalue weighted by Crippen LogP contribution is 2.29. The maximum Gasteiger partial charge on any atom is 0.216 e. The van der Waals surface area contributed by atoms with Crippen LogP contribution in [0.15, 0.2) is 18.2 Å². The predicted molar refractivity (Wildman–Crippen MR) is 75.2 cm³/mol. The molecule has 1 aromatic rings. The largest absolute Gasteiger partial charge is 0.371 e. The van der Waals surface area contributed by atoms with E-state index in [-0.39, 0.29) is 5.91 Å². The van der Waals surface area contributed by atoms with Crippen LogP contribution >= 0.6 is 11.6 Å². The molecule has 1 amide bonds. The van der Waals surface area contributed by atoms with Crippen molar-refractivity contribution in [1.29, 1.82) is 0 Å². The molecule has 1 aliphatic heterocycles. The lowest BCUT2D eigenvalue weighted by atomic mass is 10.1. The lowest BCUT2D eigenvalue weighted by molar-refractivity contribution is -0.119. The van der Waals surface area contributed by atoms with Crippen LogP contribution in [0.1, 0.15) is 18.9 Å². The molecule has 18 heavy (non-hydrogen) atoms. The van der Waals surface area contributed by atoms with E-state index < -0.39 is 0 Å². The first-order valence-corrected chi connectivity index (χ1v) is 6.69. The number of aryl methyl sites for hydroxylation is 1. The van der Waals surface area contributed by atoms with Crippen molar-refractivity contribution < 1.29 is 4.79 Å². The Hall–Kier alpha value is -1.22. The highest BCUT2D eigenvalue weighted by molar-refractivity contribution is 6.30. The molecule has 1 atom stereocenters. The first-order valence-electron chi connectivity index (χ1n) is 6.32. The molecule has 1 heterocycles. The number of anilines is 1. The first kappa shape index (κ1) is 13.2. The molecule has 1 N–H and O–H groups in total. The lowest BCUT2D eigenvalue weighted by Crippen LogP contribution is -2.29. The van der Waals surface area contributed by atoms with E-state index in [2.05, 4.69) is 23.2 Å². The summed E-state index contributed by atoms with van der Waals surface area (Å²) in [5, 5.41) is 3.67. The molecule has 4 heteroatoms. The summed E-state index contributed by atoms with van der Waals surface area (Å²) in [6, 6.07) is 6.00. The number of amides is 1. The van der Waals surface area contributed by atoms with Crippen LogP contribution in [0.4, 0.5) is 5.69 Å². The van der Waals surface area contributed by atoms with Gasteiger partial charge in [-0.3, -0.25) is 4.79 Å². The van der Waals surface area contributed by atoms with Crippen molar-refractivity contribution in [2.75, 3.05) is 24.5 Å². The number of carbonyl (C=O) groups is 1. The zero-order chi connectivity index (χ0) is 13.1. The zero-order valence-electron chi connectivity index (χ0n) is 10.9. The van der Waals surface area contributed by atoms with Gasteiger partial charge in [-0.2, -0.15) is 0 Å². The molecule has 98 valence electrons. The number of benzene rings is 1. The minimum atomic E-state index is 0.0485. The Morgan fingerprint density at radius 1 is 1.56 bits per heavy atom. The molecule has 0 aromatic heterocycles. The van der Waals surface area contributed by atoms with Crippen molar-refractivity contribution in [2.24, 2.45) is 5.92 Å². The minimum Gasteiger partial charge on any atom is -0.371 e. The van der Waals surface area contributed by atoms with E-state index in [0.29, 0.717) is 5.92 Å². The van der Waals surface area contributed by atoms with Crippen molar-refractivity contribution in [3.8, 4) is 0 Å². The van der Waals surface area contributed by atoms with Crippen LogP contribution in [0, 0.1) is 12.8 Å². The Morgan fingerprint density at radius 3 is 3.06 bits per heavy atom. The van der Waals surface area contributed by atoms with Crippen molar-refractivity contribution >= 4 is 23.2 Å². The molecule has 1 unspecified atom stereocenters. The molecule has 0 spiro atoms. The minimum absolute atomic E-state index is 0.0485. The van der Waals surface area contributed by atoms with Gasteiger partial charge in [-0.25, -0.2) is 0 Å². The monoisotopic (exact) mass is 266 g/mol. The van der Waals surface area contributed by atoms with E-state index >= 15 is 0 Å². The van der Waals surface area contributed by atoms with Gasteiger partial charge in [-0.1, -0.05) is 17.7 Å². The van der Waals surface area contributed by atoms with Crippen molar-refractivity contribution in [3.63, 3.8) is 0 Å². The molecular formula is C14H19ClN2O. The van der Waals surface area contributed by atoms with E-state index in [0.717, 1.165) is 31.1 Å². The van der Waals surface area contributed by atoms with Gasteiger partial charge < -0.3 is 10.2 Å². The summed E-state index contributed by atoms with van der Waals surface area (Å²) in [5.41, 5.74) is 2.47. The number of nitrogens with one attached hydrogen (secondary N) is 1. The fourth-order valence-corrected chi connectivity index (χ4v) is 2.60. The van der Waals surface area contributed by atoms with Crippen LogP contribution in [-0.4, -0.2) is 25.5 Å². The first-order chi connectivity index (χ1) is 8.56. The molecule has 0 bridgehead atoms. The number of hydrogen-bond donors (Lipinski definition) is 1. The molecule has 0 saturated carbocycles. The summed E-state index contributed by atoms with van der Waals surface area (Å²) < 4.78 is 0. The molecule has 0 radical (unpaired) electrons. The smallest absolute Gasteiger partial charge is 0.216 e. The topological polar surface area (TPSA) is 32.3 Å². The third-order valence-electron chi connectivity index (χ3n) is 3.44. The van der Waals surface area contributed by atoms with Crippen molar-refractivity contribution in [2.45, 2.75) is 20.3 Å². The summed E-state index contributed by atoms with van der Waals surface area (Å²) >= 11 is 6.05. The average Bonchev–Trinajstić information content (AvgIpc) is 2.78. The highest BCUT2D eigenvalue weighted by atomic mass is 35.5. The number of hydrogen-bond acceptors (Lipinski definition) is 2. The van der Waals surface area contributed by atoms with Crippen LogP contribution in [0.25, 0.3) is 0 Å². The fourth-order valence-electron chi connectivity index (χ4n) is 2.43. The van der Waals surface area contributed by atoms with E-state index in [9.17, 15) is 4.79 Å². The Bertz CT molecular complexity index is 447. The second-order valence-corrected chi connectivity index (χ2v) is 5.41. The summed E-state index contributed by atoms with van der Waals surface area (Å²) in [6.45, 7) is 6.46. The van der Waals surface area contributed by atoms with Crippen LogP contribution < -0.4 is 10.2 Å². The molecule has 1 fully saturated rings. The predicted octanol–water partition coefficient (Wildman–Crippen LogP) is 2.61. The van der Waals surface area contributed by atoms with Gasteiger partial charge in [0.05, 0.1) is 0 Å². The van der Waals surface area contributed by atoms with Gasteiger partial charge in [0.25, 0.3) is 0 Å². The number of carbonyl (C=O) groups excluding carboxylic acids is 1. The van der Waals surface area contributed by atoms with Gasteiger partial charge in [0.2, 0.25) is 5.91 Å². The molecule has 0 aliphatic carbocycles. The SMILES string of the molecule is CC(=O)NCC1CCN(c2cc(Cl)ccc2C)C1. The molecule has 1 saturated heterocycles. The summed E-state index contributed by atoms with van der Waals surface area (Å²) in [4.78, 5) is 13.3. The standard InChI is InChI=1S/C14H19ClN2O/c1-10-3-4-13(15)7-14(10)17-6-5-12(9-17)8-16-11(2)18/h3-4,7,12H,5-6,8-9H2,1-2H3,(H,16,18). The Kier molecular flexibility index (Phi) is 4.12. The summed E-state index contributed by atoms with van der Waals surface area (Å²) in [6.07, 6.45) is 1.12. The molecule has 1 aliphatic rings. The molecule has 2 rings (SSSR count). The lowest BCUT2D eigenvalue weighted by Gasteiger charge is -2.21. The maximum absolute atomic E-state index is 10.9. The van der Waals surface area contributed by atoms with Crippen molar-refractivity contribution in [3.05, 3.63) is 28.8 Å². The van der Waals surface area contributed by atoms with E-state index in [1.165, 1.54) is 11.3 Å². The Labute approximate surface area is 113 Å². The van der Waals surface area contributed by atoms with Gasteiger partial charge in [-0.15, -0.1) is 0 Å². The maximum atomic E-state index is 10.9. The summed E-state index contributed by atoms with van der Waals surface area (Å²) in [5.74, 6) is 0.583. The number of rotatable bonds is 3. The zero-order valence-corrected chi connectivity index (χ0v) is 11.6. The highest BCUT2D eigenvalue weighted by Gasteiger charge is 2.23. The van der Waals surface area contributed by atoms with Crippen LogP contribution in [0.3, 0.4) is 0 Å². The molecular weight excluding hydrogens is 248 g/mol. The second kappa shape index (κ2) is 5.61. The molecule has 1 aromatic carbocycles. The second-order valence-electron chi connectivity index (χ2n) is 4.97. The summed E-state index contributed by atoms with van der Waals surface area (Å²) in [7, 11) is 0. The molecule has 3 nitrogen and oxygen atoms in total. The van der Waals surface area contributed by atoms with E-state index in [4.69, 9.17) is 11.6 Å². The van der Waals surface area contributed by atoms with Gasteiger partial charge in [-0.05, 0) is 37.0 Å². The van der Waals surface area contributed by atoms with Crippen molar-refractivity contribution in [1.82, 2.24) is 5.32 Å². The van der Waals surface area contributed by atoms with Crippen LogP contribution in [0.5, 0.6) is 0 Å². The quantitative estimate of drug-likeness (QED) is 0.912. The normalized spacial score (nSPS) is 19.1. The van der Waals surface area contributed by atoms with Gasteiger partial charge in [0.1, 0.15) is 0 Å². The number of nitrogens with zero attached hydrogens (tertiary/aromatic N) is 1.